The topological polar surface area (TPSA) is 12.5 Å². The van der Waals surface area contributed by atoms with E-state index in [2.05, 4.69) is 18.7 Å². The number of nitrogens with zero attached hydrogens (tertiary/aromatic N) is 1. The minimum Gasteiger partial charge on any atom is -0.373 e. The lowest BCUT2D eigenvalue weighted by Gasteiger charge is -2.35. The van der Waals surface area contributed by atoms with Gasteiger partial charge in [-0.05, 0) is 31.5 Å². The Kier molecular flexibility index (Phi) is 4.31. The molecular weight excluding hydrogens is 257 g/mol. The van der Waals surface area contributed by atoms with Crippen LogP contribution >= 0.6 is 23.2 Å². The summed E-state index contributed by atoms with van der Waals surface area (Å²) in [6.45, 7) is 7.04. The molecule has 0 N–H and O–H groups in total. The number of ether oxygens (including phenoxy) is 1. The monoisotopic (exact) mass is 273 g/mol. The zero-order valence-corrected chi connectivity index (χ0v) is 11.6. The Morgan fingerprint density at radius 1 is 1.18 bits per heavy atom. The smallest absolute Gasteiger partial charge is 0.0678 e. The molecule has 4 heteroatoms. The Morgan fingerprint density at radius 2 is 1.82 bits per heavy atom. The average Bonchev–Trinajstić information content (AvgIpc) is 2.22. The molecular formula is C13H17Cl2NO. The molecule has 1 aliphatic rings. The van der Waals surface area contributed by atoms with E-state index < -0.39 is 0 Å². The first-order valence-electron chi connectivity index (χ1n) is 5.86. The van der Waals surface area contributed by atoms with Gasteiger partial charge >= 0.3 is 0 Å². The molecule has 0 aromatic heterocycles. The number of rotatable bonds is 2. The lowest BCUT2D eigenvalue weighted by Crippen LogP contribution is -2.44. The van der Waals surface area contributed by atoms with Gasteiger partial charge in [0.2, 0.25) is 0 Å². The molecule has 2 rings (SSSR count). The van der Waals surface area contributed by atoms with Crippen LogP contribution in [0.15, 0.2) is 18.2 Å². The number of morpholine rings is 1. The summed E-state index contributed by atoms with van der Waals surface area (Å²) in [5.74, 6) is 0. The Labute approximate surface area is 112 Å². The number of benzene rings is 1. The minimum absolute atomic E-state index is 0.293. The Hall–Kier alpha value is -0.280. The maximum absolute atomic E-state index is 6.01. The first kappa shape index (κ1) is 13.2. The van der Waals surface area contributed by atoms with E-state index in [0.717, 1.165) is 19.6 Å². The Bertz CT molecular complexity index is 387. The van der Waals surface area contributed by atoms with Crippen LogP contribution in [0.1, 0.15) is 19.4 Å². The van der Waals surface area contributed by atoms with Gasteiger partial charge in [-0.15, -0.1) is 0 Å². The van der Waals surface area contributed by atoms with E-state index >= 15 is 0 Å². The van der Waals surface area contributed by atoms with Crippen molar-refractivity contribution in [3.8, 4) is 0 Å². The minimum atomic E-state index is 0.293. The highest BCUT2D eigenvalue weighted by atomic mass is 35.5. The molecule has 2 atom stereocenters. The van der Waals surface area contributed by atoms with Crippen LogP contribution < -0.4 is 0 Å². The summed E-state index contributed by atoms with van der Waals surface area (Å²) >= 11 is 11.9. The van der Waals surface area contributed by atoms with Gasteiger partial charge in [-0.1, -0.05) is 29.3 Å². The van der Waals surface area contributed by atoms with E-state index in [-0.39, 0.29) is 0 Å². The van der Waals surface area contributed by atoms with E-state index in [1.54, 1.807) is 0 Å². The van der Waals surface area contributed by atoms with Gasteiger partial charge in [0, 0.05) is 19.6 Å². The van der Waals surface area contributed by atoms with Crippen LogP contribution in [0.2, 0.25) is 10.0 Å². The second kappa shape index (κ2) is 5.57. The molecule has 1 aromatic rings. The lowest BCUT2D eigenvalue weighted by atomic mass is 10.1. The fourth-order valence-corrected chi connectivity index (χ4v) is 2.63. The summed E-state index contributed by atoms with van der Waals surface area (Å²) in [6, 6.07) is 5.82. The molecule has 1 aliphatic heterocycles. The highest BCUT2D eigenvalue weighted by molar-refractivity contribution is 6.42. The molecule has 0 saturated carbocycles. The van der Waals surface area contributed by atoms with Crippen molar-refractivity contribution in [2.45, 2.75) is 32.6 Å². The average molecular weight is 274 g/mol. The third kappa shape index (κ3) is 3.59. The number of halogens is 2. The summed E-state index contributed by atoms with van der Waals surface area (Å²) < 4.78 is 5.71. The highest BCUT2D eigenvalue weighted by Crippen LogP contribution is 2.24. The maximum Gasteiger partial charge on any atom is 0.0678 e. The zero-order chi connectivity index (χ0) is 12.4. The van der Waals surface area contributed by atoms with Crippen molar-refractivity contribution in [3.05, 3.63) is 33.8 Å². The van der Waals surface area contributed by atoms with Crippen LogP contribution in [-0.2, 0) is 11.3 Å². The van der Waals surface area contributed by atoms with E-state index in [4.69, 9.17) is 27.9 Å². The van der Waals surface area contributed by atoms with E-state index in [1.165, 1.54) is 5.56 Å². The molecule has 0 radical (unpaired) electrons. The Balaban J connectivity index is 2.02. The van der Waals surface area contributed by atoms with E-state index in [0.29, 0.717) is 22.3 Å². The van der Waals surface area contributed by atoms with E-state index in [1.807, 2.05) is 18.2 Å². The van der Waals surface area contributed by atoms with E-state index in [9.17, 15) is 0 Å². The second-order valence-electron chi connectivity index (χ2n) is 4.70. The fourth-order valence-electron chi connectivity index (χ4n) is 2.31. The molecule has 0 aliphatic carbocycles. The van der Waals surface area contributed by atoms with Crippen molar-refractivity contribution < 1.29 is 4.74 Å². The van der Waals surface area contributed by atoms with Gasteiger partial charge in [0.25, 0.3) is 0 Å². The molecule has 2 nitrogen and oxygen atoms in total. The van der Waals surface area contributed by atoms with Crippen molar-refractivity contribution in [1.82, 2.24) is 4.90 Å². The molecule has 0 spiro atoms. The number of hydrogen-bond acceptors (Lipinski definition) is 2. The molecule has 1 fully saturated rings. The molecule has 1 heterocycles. The third-order valence-electron chi connectivity index (χ3n) is 2.89. The van der Waals surface area contributed by atoms with Crippen LogP contribution in [0, 0.1) is 0 Å². The summed E-state index contributed by atoms with van der Waals surface area (Å²) in [7, 11) is 0. The molecule has 0 amide bonds. The predicted molar refractivity (Wildman–Crippen MR) is 71.7 cm³/mol. The zero-order valence-electron chi connectivity index (χ0n) is 10.1. The number of hydrogen-bond donors (Lipinski definition) is 0. The van der Waals surface area contributed by atoms with Gasteiger partial charge < -0.3 is 4.74 Å². The van der Waals surface area contributed by atoms with Crippen molar-refractivity contribution in [2.24, 2.45) is 0 Å². The van der Waals surface area contributed by atoms with Crippen molar-refractivity contribution in [3.63, 3.8) is 0 Å². The summed E-state index contributed by atoms with van der Waals surface area (Å²) in [6.07, 6.45) is 0.586. The van der Waals surface area contributed by atoms with Gasteiger partial charge in [-0.2, -0.15) is 0 Å². The van der Waals surface area contributed by atoms with Crippen molar-refractivity contribution >= 4 is 23.2 Å². The fraction of sp³-hybridized carbons (Fsp3) is 0.538. The van der Waals surface area contributed by atoms with Crippen molar-refractivity contribution in [2.75, 3.05) is 13.1 Å². The standard InChI is InChI=1S/C13H17Cl2NO/c1-9-6-16(7-10(2)17-9)8-11-3-4-12(14)13(15)5-11/h3-5,9-10H,6-8H2,1-2H3/t9-,10-/m1/s1. The van der Waals surface area contributed by atoms with Gasteiger partial charge in [-0.25, -0.2) is 0 Å². The largest absolute Gasteiger partial charge is 0.373 e. The maximum atomic E-state index is 6.01. The van der Waals surface area contributed by atoms with Crippen LogP contribution in [0.3, 0.4) is 0 Å². The van der Waals surface area contributed by atoms with Crippen LogP contribution in [0.4, 0.5) is 0 Å². The molecule has 1 aromatic carbocycles. The molecule has 94 valence electrons. The Morgan fingerprint density at radius 3 is 2.41 bits per heavy atom. The van der Waals surface area contributed by atoms with Gasteiger partial charge in [0.15, 0.2) is 0 Å². The van der Waals surface area contributed by atoms with Crippen molar-refractivity contribution in [1.29, 1.82) is 0 Å². The normalized spacial score (nSPS) is 26.1. The first-order chi connectivity index (χ1) is 8.04. The van der Waals surface area contributed by atoms with Crippen LogP contribution in [0.25, 0.3) is 0 Å². The quantitative estimate of drug-likeness (QED) is 0.817. The van der Waals surface area contributed by atoms with Gasteiger partial charge in [0.1, 0.15) is 0 Å². The van der Waals surface area contributed by atoms with Crippen LogP contribution in [0.5, 0.6) is 0 Å². The van der Waals surface area contributed by atoms with Crippen LogP contribution in [-0.4, -0.2) is 30.2 Å². The summed E-state index contributed by atoms with van der Waals surface area (Å²) in [4.78, 5) is 2.39. The summed E-state index contributed by atoms with van der Waals surface area (Å²) in [5, 5.41) is 1.23. The molecule has 1 saturated heterocycles. The molecule has 0 unspecified atom stereocenters. The second-order valence-corrected chi connectivity index (χ2v) is 5.51. The SMILES string of the molecule is C[C@@H]1CN(Cc2ccc(Cl)c(Cl)c2)C[C@@H](C)O1. The molecule has 17 heavy (non-hydrogen) atoms. The molecule has 0 bridgehead atoms. The first-order valence-corrected chi connectivity index (χ1v) is 6.62. The van der Waals surface area contributed by atoms with Gasteiger partial charge in [-0.3, -0.25) is 4.90 Å². The van der Waals surface area contributed by atoms with Gasteiger partial charge in [0.05, 0.1) is 22.3 Å². The predicted octanol–water partition coefficient (Wildman–Crippen LogP) is 3.60. The summed E-state index contributed by atoms with van der Waals surface area (Å²) in [5.41, 5.74) is 1.20. The highest BCUT2D eigenvalue weighted by Gasteiger charge is 2.22. The third-order valence-corrected chi connectivity index (χ3v) is 3.62. The lowest BCUT2D eigenvalue weighted by molar-refractivity contribution is -0.0704.